The summed E-state index contributed by atoms with van der Waals surface area (Å²) in [5.41, 5.74) is 6.68. The van der Waals surface area contributed by atoms with Crippen LogP contribution in [0.15, 0.2) is 10.6 Å². The Morgan fingerprint density at radius 3 is 3.11 bits per heavy atom. The van der Waals surface area contributed by atoms with Gasteiger partial charge in [0, 0.05) is 18.6 Å². The number of nitrogen functional groups attached to an aromatic ring is 1. The highest BCUT2D eigenvalue weighted by Crippen LogP contribution is 2.22. The molecule has 2 aromatic rings. The molecule has 1 aliphatic rings. The molecule has 0 aromatic carbocycles. The lowest BCUT2D eigenvalue weighted by molar-refractivity contribution is 0.192. The number of aryl methyl sites for hydroxylation is 1. The molecule has 0 aliphatic carbocycles. The van der Waals surface area contributed by atoms with Crippen molar-refractivity contribution < 1.29 is 9.26 Å². The summed E-state index contributed by atoms with van der Waals surface area (Å²) in [5.74, 6) is 2.08. The highest BCUT2D eigenvalue weighted by molar-refractivity contribution is 5.30. The fourth-order valence-corrected chi connectivity index (χ4v) is 2.06. The van der Waals surface area contributed by atoms with Gasteiger partial charge in [0.1, 0.15) is 12.4 Å². The monoisotopic (exact) mass is 249 g/mol. The van der Waals surface area contributed by atoms with E-state index in [4.69, 9.17) is 15.0 Å². The molecule has 1 aliphatic heterocycles. The van der Waals surface area contributed by atoms with Crippen molar-refractivity contribution >= 4 is 5.82 Å². The Kier molecular flexibility index (Phi) is 2.75. The van der Waals surface area contributed by atoms with Gasteiger partial charge in [-0.05, 0) is 13.3 Å². The predicted molar refractivity (Wildman–Crippen MR) is 63.0 cm³/mol. The average molecular weight is 249 g/mol. The second-order valence-electron chi connectivity index (χ2n) is 4.48. The molecule has 1 saturated heterocycles. The van der Waals surface area contributed by atoms with E-state index in [0.717, 1.165) is 18.7 Å². The zero-order valence-corrected chi connectivity index (χ0v) is 10.2. The topological polar surface area (TPSA) is 92.0 Å². The molecule has 3 heterocycles. The molecule has 2 N–H and O–H groups in total. The van der Waals surface area contributed by atoms with Crippen LogP contribution in [0.25, 0.3) is 0 Å². The van der Waals surface area contributed by atoms with Crippen molar-refractivity contribution in [2.24, 2.45) is 0 Å². The van der Waals surface area contributed by atoms with Crippen LogP contribution in [0.3, 0.4) is 0 Å². The first-order valence-electron chi connectivity index (χ1n) is 5.92. The molecule has 3 rings (SSSR count). The largest absolute Gasteiger partial charge is 0.384 e. The van der Waals surface area contributed by atoms with Crippen molar-refractivity contribution in [1.82, 2.24) is 19.9 Å². The number of nitrogens with two attached hydrogens (primary N) is 1. The number of rotatable bonds is 3. The molecular formula is C11H15N5O2. The van der Waals surface area contributed by atoms with E-state index < -0.39 is 0 Å². The molecule has 0 spiro atoms. The first kappa shape index (κ1) is 11.2. The van der Waals surface area contributed by atoms with E-state index in [9.17, 15) is 0 Å². The highest BCUT2D eigenvalue weighted by atomic mass is 16.5. The van der Waals surface area contributed by atoms with Gasteiger partial charge in [0.25, 0.3) is 0 Å². The molecule has 1 atom stereocenters. The minimum atomic E-state index is 0.249. The van der Waals surface area contributed by atoms with Crippen molar-refractivity contribution in [3.05, 3.63) is 23.5 Å². The molecule has 2 aromatic heterocycles. The fraction of sp³-hybridized carbons (Fsp3) is 0.545. The van der Waals surface area contributed by atoms with Crippen molar-refractivity contribution in [3.8, 4) is 0 Å². The molecule has 0 saturated carbocycles. The quantitative estimate of drug-likeness (QED) is 0.861. The maximum Gasteiger partial charge on any atom is 0.248 e. The van der Waals surface area contributed by atoms with Crippen LogP contribution in [-0.4, -0.2) is 33.1 Å². The van der Waals surface area contributed by atoms with Gasteiger partial charge in [-0.15, -0.1) is 0 Å². The van der Waals surface area contributed by atoms with Gasteiger partial charge in [-0.1, -0.05) is 5.16 Å². The Hall–Kier alpha value is -1.89. The Morgan fingerprint density at radius 1 is 1.56 bits per heavy atom. The predicted octanol–water partition coefficient (Wildman–Crippen LogP) is 0.709. The summed E-state index contributed by atoms with van der Waals surface area (Å²) in [6.07, 6.45) is 0.946. The summed E-state index contributed by atoms with van der Waals surface area (Å²) >= 11 is 0. The summed E-state index contributed by atoms with van der Waals surface area (Å²) in [4.78, 5) is 4.36. The molecule has 7 nitrogen and oxygen atoms in total. The Bertz CT molecular complexity index is 541. The third-order valence-corrected chi connectivity index (χ3v) is 3.00. The number of aromatic nitrogens is 4. The summed E-state index contributed by atoms with van der Waals surface area (Å²) in [6.45, 7) is 3.73. The number of ether oxygens (including phenoxy) is 1. The van der Waals surface area contributed by atoms with Crippen LogP contribution in [0, 0.1) is 6.92 Å². The van der Waals surface area contributed by atoms with Crippen molar-refractivity contribution in [2.45, 2.75) is 25.8 Å². The van der Waals surface area contributed by atoms with Gasteiger partial charge in [0.2, 0.25) is 5.89 Å². The van der Waals surface area contributed by atoms with Gasteiger partial charge in [-0.25, -0.2) is 4.68 Å². The summed E-state index contributed by atoms with van der Waals surface area (Å²) in [5, 5.41) is 8.23. The third-order valence-electron chi connectivity index (χ3n) is 3.00. The van der Waals surface area contributed by atoms with Crippen LogP contribution in [0.2, 0.25) is 0 Å². The van der Waals surface area contributed by atoms with E-state index in [1.807, 2.05) is 13.0 Å². The van der Waals surface area contributed by atoms with E-state index in [0.29, 0.717) is 30.7 Å². The normalized spacial score (nSPS) is 19.5. The van der Waals surface area contributed by atoms with Crippen molar-refractivity contribution in [2.75, 3.05) is 18.9 Å². The second kappa shape index (κ2) is 4.41. The Balaban J connectivity index is 1.75. The number of hydrogen-bond donors (Lipinski definition) is 1. The van der Waals surface area contributed by atoms with E-state index in [1.165, 1.54) is 0 Å². The Labute approximate surface area is 104 Å². The zero-order chi connectivity index (χ0) is 12.5. The van der Waals surface area contributed by atoms with Gasteiger partial charge >= 0.3 is 0 Å². The molecule has 18 heavy (non-hydrogen) atoms. The Morgan fingerprint density at radius 2 is 2.44 bits per heavy atom. The van der Waals surface area contributed by atoms with Crippen LogP contribution >= 0.6 is 0 Å². The van der Waals surface area contributed by atoms with Crippen LogP contribution in [0.5, 0.6) is 0 Å². The first-order valence-corrected chi connectivity index (χ1v) is 5.92. The SMILES string of the molecule is Cc1cc(N)n(Cc2nc([C@H]3CCOC3)no2)n1. The minimum absolute atomic E-state index is 0.249. The number of anilines is 1. The van der Waals surface area contributed by atoms with Crippen LogP contribution in [-0.2, 0) is 11.3 Å². The molecule has 0 unspecified atom stereocenters. The lowest BCUT2D eigenvalue weighted by Gasteiger charge is -1.99. The average Bonchev–Trinajstić information content (AvgIpc) is 3.02. The van der Waals surface area contributed by atoms with E-state index >= 15 is 0 Å². The molecule has 0 amide bonds. The smallest absolute Gasteiger partial charge is 0.248 e. The van der Waals surface area contributed by atoms with Crippen LogP contribution < -0.4 is 5.73 Å². The van der Waals surface area contributed by atoms with Gasteiger partial charge in [-0.3, -0.25) is 0 Å². The van der Waals surface area contributed by atoms with Gasteiger partial charge in [-0.2, -0.15) is 10.1 Å². The summed E-state index contributed by atoms with van der Waals surface area (Å²) < 4.78 is 12.2. The minimum Gasteiger partial charge on any atom is -0.384 e. The molecule has 0 bridgehead atoms. The van der Waals surface area contributed by atoms with E-state index in [1.54, 1.807) is 4.68 Å². The van der Waals surface area contributed by atoms with Gasteiger partial charge in [0.05, 0.1) is 12.3 Å². The summed E-state index contributed by atoms with van der Waals surface area (Å²) in [6, 6.07) is 1.81. The maximum absolute atomic E-state index is 5.81. The summed E-state index contributed by atoms with van der Waals surface area (Å²) in [7, 11) is 0. The van der Waals surface area contributed by atoms with Crippen molar-refractivity contribution in [1.29, 1.82) is 0 Å². The van der Waals surface area contributed by atoms with Crippen LogP contribution in [0.4, 0.5) is 5.82 Å². The molecule has 1 fully saturated rings. The maximum atomic E-state index is 5.81. The highest BCUT2D eigenvalue weighted by Gasteiger charge is 2.23. The second-order valence-corrected chi connectivity index (χ2v) is 4.48. The van der Waals surface area contributed by atoms with Gasteiger partial charge < -0.3 is 15.0 Å². The molecule has 0 radical (unpaired) electrons. The standard InChI is InChI=1S/C11H15N5O2/c1-7-4-9(12)16(14-7)5-10-13-11(15-18-10)8-2-3-17-6-8/h4,8H,2-3,5-6,12H2,1H3/t8-/m0/s1. The van der Waals surface area contributed by atoms with E-state index in [-0.39, 0.29) is 5.92 Å². The van der Waals surface area contributed by atoms with Crippen molar-refractivity contribution in [3.63, 3.8) is 0 Å². The van der Waals surface area contributed by atoms with Gasteiger partial charge in [0.15, 0.2) is 5.82 Å². The molecular weight excluding hydrogens is 234 g/mol. The zero-order valence-electron chi connectivity index (χ0n) is 10.2. The molecule has 7 heteroatoms. The number of nitrogens with zero attached hydrogens (tertiary/aromatic N) is 4. The number of hydrogen-bond acceptors (Lipinski definition) is 6. The molecule has 96 valence electrons. The lowest BCUT2D eigenvalue weighted by atomic mass is 10.1. The van der Waals surface area contributed by atoms with E-state index in [2.05, 4.69) is 15.2 Å². The van der Waals surface area contributed by atoms with Crippen LogP contribution in [0.1, 0.15) is 29.7 Å². The third kappa shape index (κ3) is 2.08. The first-order chi connectivity index (χ1) is 8.72. The lowest BCUT2D eigenvalue weighted by Crippen LogP contribution is -2.06. The fourth-order valence-electron chi connectivity index (χ4n) is 2.06.